The topological polar surface area (TPSA) is 0 Å². The molecule has 1 unspecified atom stereocenters. The lowest BCUT2D eigenvalue weighted by Gasteiger charge is -2.37. The van der Waals surface area contributed by atoms with Crippen molar-refractivity contribution in [2.24, 2.45) is 5.92 Å². The molecule has 0 spiro atoms. The van der Waals surface area contributed by atoms with E-state index in [1.54, 1.807) is 0 Å². The molecule has 0 aliphatic rings. The van der Waals surface area contributed by atoms with Crippen LogP contribution in [0.15, 0.2) is 0 Å². The second-order valence-electron chi connectivity index (χ2n) is 6.23. The summed E-state index contributed by atoms with van der Waals surface area (Å²) in [6.45, 7) is 0. The lowest BCUT2D eigenvalue weighted by Crippen LogP contribution is -2.57. The third-order valence-electron chi connectivity index (χ3n) is 3.99. The summed E-state index contributed by atoms with van der Waals surface area (Å²) in [5.41, 5.74) is -14.5. The Hall–Kier alpha value is -0.700. The van der Waals surface area contributed by atoms with E-state index < -0.39 is 79.6 Å². The Balaban J connectivity index is 6.11. The third kappa shape index (κ3) is 6.64. The molecule has 0 aromatic heterocycles. The molecule has 0 nitrogen and oxygen atoms in total. The summed E-state index contributed by atoms with van der Waals surface area (Å²) in [7, 11) is 0. The zero-order valence-corrected chi connectivity index (χ0v) is 14.7. The average molecular weight is 486 g/mol. The zero-order chi connectivity index (χ0) is 23.7. The van der Waals surface area contributed by atoms with Crippen molar-refractivity contribution in [1.29, 1.82) is 0 Å². The van der Waals surface area contributed by atoms with Crippen molar-refractivity contribution in [2.75, 3.05) is 0 Å². The van der Waals surface area contributed by atoms with E-state index >= 15 is 0 Å². The number of thiol groups is 1. The third-order valence-corrected chi connectivity index (χ3v) is 4.25. The van der Waals surface area contributed by atoms with Gasteiger partial charge in [-0.2, -0.15) is 52.7 Å². The van der Waals surface area contributed by atoms with Crippen molar-refractivity contribution >= 4 is 12.6 Å². The number of hydrogen-bond acceptors (Lipinski definition) is 1. The normalized spacial score (nSPS) is 16.4. The molecule has 16 heteroatoms. The molecular formula is C13H13F15S. The first-order valence-corrected chi connectivity index (χ1v) is 7.98. The van der Waals surface area contributed by atoms with Gasteiger partial charge in [0.25, 0.3) is 11.3 Å². The zero-order valence-electron chi connectivity index (χ0n) is 13.8. The minimum Gasteiger partial charge on any atom is -0.236 e. The molecule has 0 saturated carbocycles. The molecule has 29 heavy (non-hydrogen) atoms. The Morgan fingerprint density at radius 1 is 0.517 bits per heavy atom. The maximum Gasteiger partial charge on any atom is 0.431 e. The van der Waals surface area contributed by atoms with E-state index in [4.69, 9.17) is 0 Å². The maximum absolute atomic E-state index is 13.8. The predicted molar refractivity (Wildman–Crippen MR) is 72.4 cm³/mol. The van der Waals surface area contributed by atoms with E-state index in [1.807, 2.05) is 0 Å². The Bertz CT molecular complexity index is 444. The van der Waals surface area contributed by atoms with E-state index in [2.05, 4.69) is 12.6 Å². The van der Waals surface area contributed by atoms with Crippen molar-refractivity contribution in [2.45, 2.75) is 73.7 Å². The van der Waals surface area contributed by atoms with Gasteiger partial charge in [-0.15, -0.1) is 12.6 Å². The molecule has 0 aromatic carbocycles. The van der Waals surface area contributed by atoms with Crippen molar-refractivity contribution in [3.05, 3.63) is 0 Å². The second-order valence-corrected chi connectivity index (χ2v) is 6.79. The van der Waals surface area contributed by atoms with Gasteiger partial charge in [-0.1, -0.05) is 6.42 Å². The van der Waals surface area contributed by atoms with E-state index in [-0.39, 0.29) is 0 Å². The number of alkyl halides is 15. The van der Waals surface area contributed by atoms with Crippen LogP contribution in [0.1, 0.15) is 32.1 Å². The van der Waals surface area contributed by atoms with E-state index in [0.29, 0.717) is 0 Å². The molecule has 0 aliphatic heterocycles. The molecule has 1 atom stereocenters. The summed E-state index contributed by atoms with van der Waals surface area (Å²) in [6.07, 6.45) is -36.1. The summed E-state index contributed by atoms with van der Waals surface area (Å²) in [4.78, 5) is 0. The fourth-order valence-electron chi connectivity index (χ4n) is 2.43. The van der Waals surface area contributed by atoms with Crippen LogP contribution in [0.2, 0.25) is 0 Å². The smallest absolute Gasteiger partial charge is 0.236 e. The molecule has 0 rings (SSSR count). The standard InChI is InChI=1S/C13H13F15S/c14-7(29)3-1-2-6(4-8(15,10(17,18)19)11(20,21)22)5-9(16,12(23,24)25)13(26,27)28/h6-7,29H,1-5H2. The van der Waals surface area contributed by atoms with Gasteiger partial charge in [0.05, 0.1) is 0 Å². The van der Waals surface area contributed by atoms with Crippen LogP contribution in [0.25, 0.3) is 0 Å². The van der Waals surface area contributed by atoms with Gasteiger partial charge >= 0.3 is 24.7 Å². The highest BCUT2D eigenvalue weighted by Crippen LogP contribution is 2.55. The van der Waals surface area contributed by atoms with E-state index in [0.717, 1.165) is 0 Å². The Labute approximate surface area is 159 Å². The van der Waals surface area contributed by atoms with Crippen LogP contribution < -0.4 is 0 Å². The monoisotopic (exact) mass is 486 g/mol. The molecule has 0 saturated heterocycles. The number of halogens is 15. The number of rotatable bonds is 8. The highest BCUT2D eigenvalue weighted by Gasteiger charge is 2.75. The first kappa shape index (κ1) is 28.3. The minimum absolute atomic E-state index is 0.811. The molecule has 0 fully saturated rings. The van der Waals surface area contributed by atoms with Crippen molar-refractivity contribution in [3.63, 3.8) is 0 Å². The molecule has 176 valence electrons. The number of hydrogen-bond donors (Lipinski definition) is 1. The summed E-state index contributed by atoms with van der Waals surface area (Å²) in [6, 6.07) is 0. The summed E-state index contributed by atoms with van der Waals surface area (Å²) >= 11 is 3.12. The van der Waals surface area contributed by atoms with E-state index in [9.17, 15) is 65.9 Å². The van der Waals surface area contributed by atoms with Gasteiger partial charge < -0.3 is 0 Å². The van der Waals surface area contributed by atoms with Crippen LogP contribution in [0.5, 0.6) is 0 Å². The Morgan fingerprint density at radius 3 is 1.00 bits per heavy atom. The molecule has 0 bridgehead atoms. The van der Waals surface area contributed by atoms with Gasteiger partial charge in [0.15, 0.2) is 0 Å². The van der Waals surface area contributed by atoms with Gasteiger partial charge in [-0.05, 0) is 18.8 Å². The van der Waals surface area contributed by atoms with Gasteiger partial charge in [-0.25, -0.2) is 13.2 Å². The minimum atomic E-state index is -6.77. The maximum atomic E-state index is 13.8. The quantitative estimate of drug-likeness (QED) is 0.268. The largest absolute Gasteiger partial charge is 0.431 e. The van der Waals surface area contributed by atoms with Gasteiger partial charge in [-0.3, -0.25) is 0 Å². The van der Waals surface area contributed by atoms with Crippen LogP contribution in [0.3, 0.4) is 0 Å². The molecule has 0 radical (unpaired) electrons. The lowest BCUT2D eigenvalue weighted by molar-refractivity contribution is -0.356. The predicted octanol–water partition coefficient (Wildman–Crippen LogP) is 7.44. The van der Waals surface area contributed by atoms with Crippen LogP contribution in [-0.2, 0) is 0 Å². The second kappa shape index (κ2) is 8.81. The molecule has 0 aliphatic carbocycles. The summed E-state index contributed by atoms with van der Waals surface area (Å²) in [5, 5.41) is 0. The molecule has 0 heterocycles. The first-order valence-electron chi connectivity index (χ1n) is 7.46. The van der Waals surface area contributed by atoms with E-state index in [1.165, 1.54) is 0 Å². The highest BCUT2D eigenvalue weighted by molar-refractivity contribution is 7.80. The Kier molecular flexibility index (Phi) is 8.60. The molecular weight excluding hydrogens is 473 g/mol. The van der Waals surface area contributed by atoms with Crippen molar-refractivity contribution in [1.82, 2.24) is 0 Å². The van der Waals surface area contributed by atoms with Crippen LogP contribution in [-0.4, -0.2) is 41.5 Å². The van der Waals surface area contributed by atoms with Crippen molar-refractivity contribution < 1.29 is 65.9 Å². The van der Waals surface area contributed by atoms with Gasteiger partial charge in [0, 0.05) is 12.8 Å². The van der Waals surface area contributed by atoms with Crippen LogP contribution in [0.4, 0.5) is 65.9 Å². The summed E-state index contributed by atoms with van der Waals surface area (Å²) in [5.74, 6) is -3.05. The fraction of sp³-hybridized carbons (Fsp3) is 1.00. The average Bonchev–Trinajstić information content (AvgIpc) is 2.41. The van der Waals surface area contributed by atoms with Gasteiger partial charge in [0.2, 0.25) is 0 Å². The Morgan fingerprint density at radius 2 is 0.793 bits per heavy atom. The van der Waals surface area contributed by atoms with Crippen LogP contribution >= 0.6 is 12.6 Å². The van der Waals surface area contributed by atoms with Gasteiger partial charge in [0.1, 0.15) is 5.50 Å². The molecule has 0 N–H and O–H groups in total. The summed E-state index contributed by atoms with van der Waals surface area (Å²) < 4.78 is 191. The molecule has 0 aromatic rings. The highest BCUT2D eigenvalue weighted by atomic mass is 32.1. The lowest BCUT2D eigenvalue weighted by atomic mass is 9.80. The molecule has 0 amide bonds. The SMILES string of the molecule is FC(S)CCCC(CC(F)(C(F)(F)F)C(F)(F)F)CC(F)(C(F)(F)F)C(F)(F)F. The fourth-order valence-corrected chi connectivity index (χ4v) is 2.61. The van der Waals surface area contributed by atoms with Crippen LogP contribution in [0, 0.1) is 5.92 Å². The van der Waals surface area contributed by atoms with Crippen molar-refractivity contribution in [3.8, 4) is 0 Å². The first-order chi connectivity index (χ1) is 12.5.